The minimum Gasteiger partial charge on any atom is -0.368 e. The van der Waals surface area contributed by atoms with Crippen molar-refractivity contribution in [2.45, 2.75) is 0 Å². The molecule has 0 unspecified atom stereocenters. The molecule has 36 valence electrons. The van der Waals surface area contributed by atoms with Crippen molar-refractivity contribution in [3.63, 3.8) is 0 Å². The number of hydrogen-bond acceptors (Lipinski definition) is 1. The summed E-state index contributed by atoms with van der Waals surface area (Å²) >= 11 is 4.92. The van der Waals surface area contributed by atoms with Crippen LogP contribution in [-0.4, -0.2) is 25.3 Å². The van der Waals surface area contributed by atoms with E-state index in [0.29, 0.717) is 0 Å². The molecule has 0 aromatic heterocycles. The van der Waals surface area contributed by atoms with Crippen molar-refractivity contribution in [2.75, 3.05) is 14.1 Å². The van der Waals surface area contributed by atoms with Gasteiger partial charge in [0.15, 0.2) is 0 Å². The van der Waals surface area contributed by atoms with Gasteiger partial charge >= 0.3 is 0 Å². The molecule has 0 heterocycles. The first kappa shape index (κ1) is 5.76. The Hall–Kier alpha value is -0.240. The number of hydrogen-bond donors (Lipinski definition) is 0. The molecule has 0 saturated carbocycles. The SMILES string of the molecule is CN(C)/C=N/Cl. The summed E-state index contributed by atoms with van der Waals surface area (Å²) in [5.74, 6) is 0. The average molecular weight is 107 g/mol. The van der Waals surface area contributed by atoms with E-state index in [0.717, 1.165) is 0 Å². The maximum atomic E-state index is 4.92. The molecule has 0 aliphatic rings. The van der Waals surface area contributed by atoms with Crippen LogP contribution in [0.25, 0.3) is 0 Å². The first-order valence-electron chi connectivity index (χ1n) is 1.58. The third kappa shape index (κ3) is 3.76. The van der Waals surface area contributed by atoms with Gasteiger partial charge in [-0.3, -0.25) is 0 Å². The maximum absolute atomic E-state index is 4.92. The molecule has 3 heteroatoms. The predicted octanol–water partition coefficient (Wildman–Crippen LogP) is 0.730. The molecule has 0 amide bonds. The highest BCUT2D eigenvalue weighted by Crippen LogP contribution is 1.70. The zero-order chi connectivity index (χ0) is 4.99. The van der Waals surface area contributed by atoms with Crippen LogP contribution in [0.5, 0.6) is 0 Å². The number of nitrogens with zero attached hydrogens (tertiary/aromatic N) is 2. The molecule has 6 heavy (non-hydrogen) atoms. The highest BCUT2D eigenvalue weighted by molar-refractivity contribution is 6.17. The minimum absolute atomic E-state index is 1.52. The molecule has 0 spiro atoms. The minimum atomic E-state index is 1.52. The predicted molar refractivity (Wildman–Crippen MR) is 28.0 cm³/mol. The fourth-order valence-electron chi connectivity index (χ4n) is 0.0873. The Morgan fingerprint density at radius 3 is 2.17 bits per heavy atom. The van der Waals surface area contributed by atoms with E-state index in [2.05, 4.69) is 4.51 Å². The molecule has 0 aliphatic carbocycles. The van der Waals surface area contributed by atoms with Gasteiger partial charge in [0.25, 0.3) is 0 Å². The Bertz CT molecular complexity index is 50.8. The van der Waals surface area contributed by atoms with E-state index in [-0.39, 0.29) is 0 Å². The van der Waals surface area contributed by atoms with Crippen LogP contribution in [0.2, 0.25) is 0 Å². The van der Waals surface area contributed by atoms with Crippen LogP contribution in [0.4, 0.5) is 0 Å². The molecule has 0 saturated heterocycles. The van der Waals surface area contributed by atoms with Crippen LogP contribution in [0.1, 0.15) is 0 Å². The second-order valence-corrected chi connectivity index (χ2v) is 1.37. The Kier molecular flexibility index (Phi) is 2.85. The summed E-state index contributed by atoms with van der Waals surface area (Å²) in [6.07, 6.45) is 1.52. The molecule has 0 rings (SSSR count). The first-order valence-corrected chi connectivity index (χ1v) is 1.92. The summed E-state index contributed by atoms with van der Waals surface area (Å²) in [6.45, 7) is 0. The summed E-state index contributed by atoms with van der Waals surface area (Å²) in [5.41, 5.74) is 0. The van der Waals surface area contributed by atoms with Crippen molar-refractivity contribution >= 4 is 18.1 Å². The van der Waals surface area contributed by atoms with Crippen LogP contribution >= 0.6 is 11.8 Å². The number of halogens is 1. The first-order chi connectivity index (χ1) is 2.77. The van der Waals surface area contributed by atoms with Crippen molar-refractivity contribution < 1.29 is 0 Å². The van der Waals surface area contributed by atoms with Crippen molar-refractivity contribution in [2.24, 2.45) is 4.51 Å². The van der Waals surface area contributed by atoms with Gasteiger partial charge in [-0.2, -0.15) is 4.51 Å². The summed E-state index contributed by atoms with van der Waals surface area (Å²) in [7, 11) is 3.71. The Morgan fingerprint density at radius 1 is 1.67 bits per heavy atom. The largest absolute Gasteiger partial charge is 0.368 e. The number of rotatable bonds is 1. The van der Waals surface area contributed by atoms with Crippen LogP contribution in [0, 0.1) is 0 Å². The molecule has 0 radical (unpaired) electrons. The average Bonchev–Trinajstić information content (AvgIpc) is 1.35. The van der Waals surface area contributed by atoms with Crippen LogP contribution in [0.3, 0.4) is 0 Å². The van der Waals surface area contributed by atoms with E-state index in [1.165, 1.54) is 6.34 Å². The van der Waals surface area contributed by atoms with Gasteiger partial charge in [0, 0.05) is 25.9 Å². The van der Waals surface area contributed by atoms with E-state index in [1.807, 2.05) is 14.1 Å². The van der Waals surface area contributed by atoms with Gasteiger partial charge in [0.05, 0.1) is 0 Å². The van der Waals surface area contributed by atoms with E-state index in [4.69, 9.17) is 11.8 Å². The molecule has 0 aliphatic heterocycles. The lowest BCUT2D eigenvalue weighted by Crippen LogP contribution is -2.06. The van der Waals surface area contributed by atoms with Gasteiger partial charge in [0.2, 0.25) is 0 Å². The molecule has 0 aromatic rings. The van der Waals surface area contributed by atoms with E-state index >= 15 is 0 Å². The van der Waals surface area contributed by atoms with Gasteiger partial charge in [-0.15, -0.1) is 0 Å². The molecule has 0 fully saturated rings. The zero-order valence-electron chi connectivity index (χ0n) is 3.85. The molecule has 0 aromatic carbocycles. The molecular formula is C3H7ClN2. The highest BCUT2D eigenvalue weighted by Gasteiger charge is 1.68. The normalized spacial score (nSPS) is 9.83. The second kappa shape index (κ2) is 2.97. The monoisotopic (exact) mass is 106 g/mol. The molecule has 2 nitrogen and oxygen atoms in total. The van der Waals surface area contributed by atoms with Crippen LogP contribution in [-0.2, 0) is 0 Å². The maximum Gasteiger partial charge on any atom is 0.105 e. The molecule has 0 bridgehead atoms. The highest BCUT2D eigenvalue weighted by atomic mass is 35.5. The topological polar surface area (TPSA) is 15.6 Å². The van der Waals surface area contributed by atoms with Crippen molar-refractivity contribution in [3.8, 4) is 0 Å². The van der Waals surface area contributed by atoms with Crippen molar-refractivity contribution in [1.82, 2.24) is 4.90 Å². The van der Waals surface area contributed by atoms with E-state index in [9.17, 15) is 0 Å². The molecule has 0 N–H and O–H groups in total. The van der Waals surface area contributed by atoms with Crippen LogP contribution in [0.15, 0.2) is 4.51 Å². The lowest BCUT2D eigenvalue weighted by molar-refractivity contribution is 0.644. The standard InChI is InChI=1S/C3H7ClN2/c1-6(2)3-5-4/h3H,1-2H3/b5-3+. The third-order valence-electron chi connectivity index (χ3n) is 0.275. The second-order valence-electron chi connectivity index (χ2n) is 1.18. The molecular weight excluding hydrogens is 99.5 g/mol. The zero-order valence-corrected chi connectivity index (χ0v) is 4.61. The van der Waals surface area contributed by atoms with Gasteiger partial charge < -0.3 is 4.90 Å². The van der Waals surface area contributed by atoms with E-state index in [1.54, 1.807) is 4.90 Å². The summed E-state index contributed by atoms with van der Waals surface area (Å²) in [6, 6.07) is 0. The fourth-order valence-corrected chi connectivity index (χ4v) is 0.262. The smallest absolute Gasteiger partial charge is 0.105 e. The summed E-state index contributed by atoms with van der Waals surface area (Å²) in [4.78, 5) is 1.76. The lowest BCUT2D eigenvalue weighted by Gasteiger charge is -1.97. The van der Waals surface area contributed by atoms with Gasteiger partial charge in [-0.05, 0) is 0 Å². The Morgan fingerprint density at radius 2 is 2.17 bits per heavy atom. The van der Waals surface area contributed by atoms with Crippen molar-refractivity contribution in [3.05, 3.63) is 0 Å². The quantitative estimate of drug-likeness (QED) is 0.356. The Labute approximate surface area is 42.5 Å². The van der Waals surface area contributed by atoms with Gasteiger partial charge in [0.1, 0.15) is 6.34 Å². The Balaban J connectivity index is 3.03. The van der Waals surface area contributed by atoms with E-state index < -0.39 is 0 Å². The van der Waals surface area contributed by atoms with Gasteiger partial charge in [-0.1, -0.05) is 0 Å². The van der Waals surface area contributed by atoms with Gasteiger partial charge in [-0.25, -0.2) is 0 Å². The fraction of sp³-hybridized carbons (Fsp3) is 0.667. The third-order valence-corrected chi connectivity index (χ3v) is 0.362. The molecule has 0 atom stereocenters. The van der Waals surface area contributed by atoms with Crippen LogP contribution < -0.4 is 0 Å². The van der Waals surface area contributed by atoms with Crippen molar-refractivity contribution in [1.29, 1.82) is 0 Å². The lowest BCUT2D eigenvalue weighted by atomic mass is 11.0. The summed E-state index contributed by atoms with van der Waals surface area (Å²) < 4.78 is 3.21. The summed E-state index contributed by atoms with van der Waals surface area (Å²) in [5, 5.41) is 0.